The number of aryl methyl sites for hydroxylation is 4. The molecule has 12 rings (SSSR count). The van der Waals surface area contributed by atoms with E-state index < -0.39 is 37.1 Å². The maximum Gasteiger partial charge on any atom is 0.239 e. The summed E-state index contributed by atoms with van der Waals surface area (Å²) in [4.78, 5) is 67.9. The molecule has 0 radical (unpaired) electrons. The third kappa shape index (κ3) is 4.91. The lowest BCUT2D eigenvalue weighted by molar-refractivity contribution is -0.152. The molecular weight excluding hydrogens is 741 g/mol. The van der Waals surface area contributed by atoms with Crippen LogP contribution in [0.2, 0.25) is 0 Å². The van der Waals surface area contributed by atoms with E-state index in [-0.39, 0.29) is 23.6 Å². The number of para-hydroxylation sites is 4. The first kappa shape index (κ1) is 34.3. The minimum atomic E-state index is -0.804. The number of carbonyl (C=O) groups is 4. The van der Waals surface area contributed by atoms with Crippen molar-refractivity contribution < 1.29 is 23.9 Å². The zero-order chi connectivity index (χ0) is 39.5. The van der Waals surface area contributed by atoms with Crippen molar-refractivity contribution in [1.82, 2.24) is 28.9 Å². The number of carbonyl (C=O) groups excluding carboxylic acids is 4. The highest BCUT2D eigenvalue weighted by Crippen LogP contribution is 2.49. The van der Waals surface area contributed by atoms with E-state index in [4.69, 9.17) is 4.74 Å². The number of ether oxygens (including phenoxy) is 1. The summed E-state index contributed by atoms with van der Waals surface area (Å²) in [5, 5.41) is 3.72. The summed E-state index contributed by atoms with van der Waals surface area (Å²) >= 11 is 0. The van der Waals surface area contributed by atoms with E-state index in [1.54, 1.807) is 0 Å². The van der Waals surface area contributed by atoms with Crippen LogP contribution >= 0.6 is 0 Å². The van der Waals surface area contributed by atoms with Crippen molar-refractivity contribution in [3.05, 3.63) is 143 Å². The molecule has 4 aliphatic rings. The molecule has 0 bridgehead atoms. The molecule has 4 aromatic heterocycles. The molecule has 2 N–H and O–H groups in total. The number of likely N-dealkylation sites (tertiary alicyclic amines) is 2. The minimum absolute atomic E-state index is 0.364. The largest absolute Gasteiger partial charge is 0.361 e. The Morgan fingerprint density at radius 3 is 1.36 bits per heavy atom. The van der Waals surface area contributed by atoms with Crippen molar-refractivity contribution in [3.8, 4) is 0 Å². The van der Waals surface area contributed by atoms with Crippen LogP contribution in [0.5, 0.6) is 0 Å². The van der Waals surface area contributed by atoms with Crippen molar-refractivity contribution in [2.24, 2.45) is 0 Å². The zero-order valence-corrected chi connectivity index (χ0v) is 32.2. The van der Waals surface area contributed by atoms with Crippen molar-refractivity contribution in [2.45, 2.75) is 62.4 Å². The first-order valence-electron chi connectivity index (χ1n) is 20.6. The van der Waals surface area contributed by atoms with Crippen molar-refractivity contribution >= 4 is 67.2 Å². The van der Waals surface area contributed by atoms with Crippen LogP contribution in [0.25, 0.3) is 43.6 Å². The van der Waals surface area contributed by atoms with Gasteiger partial charge in [0, 0.05) is 70.5 Å². The van der Waals surface area contributed by atoms with Gasteiger partial charge in [0.05, 0.1) is 34.7 Å². The Kier molecular flexibility index (Phi) is 7.50. The fourth-order valence-corrected chi connectivity index (χ4v) is 11.0. The molecule has 4 aromatic carbocycles. The van der Waals surface area contributed by atoms with Crippen LogP contribution in [0.4, 0.5) is 0 Å². The lowest BCUT2D eigenvalue weighted by atomic mass is 9.83. The first-order valence-corrected chi connectivity index (χ1v) is 20.6. The first-order chi connectivity index (χ1) is 29.0. The molecule has 4 atom stereocenters. The normalized spacial score (nSPS) is 21.8. The molecular formula is C48H40N6O5. The number of aromatic amines is 2. The fraction of sp³-hybridized carbons (Fsp3) is 0.250. The number of amides is 4. The summed E-state index contributed by atoms with van der Waals surface area (Å²) in [5.41, 5.74) is 9.61. The molecule has 4 amide bonds. The highest BCUT2D eigenvalue weighted by Gasteiger charge is 2.53. The van der Waals surface area contributed by atoms with Gasteiger partial charge >= 0.3 is 0 Å². The van der Waals surface area contributed by atoms with Gasteiger partial charge in [0.1, 0.15) is 13.5 Å². The molecule has 2 fully saturated rings. The number of rotatable bonds is 8. The van der Waals surface area contributed by atoms with Crippen molar-refractivity contribution in [1.29, 1.82) is 0 Å². The average Bonchev–Trinajstić information content (AvgIpc) is 4.11. The standard InChI is InChI=1S/C48H40N6O5/c55-45-39(33-21-49-37-17-3-1-13-29(33)37)41(35-23-51-19-7-11-27-9-5-15-31(35)43(27)51)47(57)53(45)25-59-26-54-46(56)40(34-22-50-38-18-4-2-14-30(34)38)42(48(54)58)36-24-52-20-8-12-28-10-6-16-32(36)44(28)52/h1-6,9-10,13-18,21-24,39-42,49-50H,7-8,11-12,19-20,25-26H2. The monoisotopic (exact) mass is 780 g/mol. The Labute approximate surface area is 338 Å². The predicted molar refractivity (Wildman–Crippen MR) is 223 cm³/mol. The Balaban J connectivity index is 0.894. The van der Waals surface area contributed by atoms with Gasteiger partial charge in [-0.2, -0.15) is 0 Å². The second-order valence-electron chi connectivity index (χ2n) is 16.6. The second-order valence-corrected chi connectivity index (χ2v) is 16.6. The van der Waals surface area contributed by atoms with Crippen LogP contribution in [0.3, 0.4) is 0 Å². The van der Waals surface area contributed by atoms with Crippen molar-refractivity contribution in [3.63, 3.8) is 0 Å². The van der Waals surface area contributed by atoms with Crippen molar-refractivity contribution in [2.75, 3.05) is 13.5 Å². The number of fused-ring (bicyclic) bond motifs is 2. The van der Waals surface area contributed by atoms with Gasteiger partial charge in [-0.15, -0.1) is 0 Å². The van der Waals surface area contributed by atoms with E-state index in [0.717, 1.165) is 105 Å². The molecule has 8 heterocycles. The molecule has 59 heavy (non-hydrogen) atoms. The minimum Gasteiger partial charge on any atom is -0.361 e. The van der Waals surface area contributed by atoms with Gasteiger partial charge in [-0.3, -0.25) is 29.0 Å². The van der Waals surface area contributed by atoms with E-state index in [1.807, 2.05) is 85.2 Å². The molecule has 11 heteroatoms. The molecule has 4 unspecified atom stereocenters. The quantitative estimate of drug-likeness (QED) is 0.154. The Hall–Kier alpha value is -6.72. The van der Waals surface area contributed by atoms with Crippen LogP contribution in [0, 0.1) is 0 Å². The number of nitrogens with one attached hydrogen (secondary N) is 2. The van der Waals surface area contributed by atoms with Gasteiger partial charge in [-0.25, -0.2) is 0 Å². The van der Waals surface area contributed by atoms with Gasteiger partial charge in [0.2, 0.25) is 23.6 Å². The fourth-order valence-electron chi connectivity index (χ4n) is 11.0. The number of hydrogen-bond acceptors (Lipinski definition) is 5. The van der Waals surface area contributed by atoms with Crippen LogP contribution < -0.4 is 0 Å². The molecule has 2 saturated heterocycles. The molecule has 0 saturated carbocycles. The average molecular weight is 781 g/mol. The molecule has 4 aliphatic heterocycles. The van der Waals surface area contributed by atoms with Gasteiger partial charge in [-0.1, -0.05) is 72.8 Å². The third-order valence-electron chi connectivity index (χ3n) is 13.5. The van der Waals surface area contributed by atoms with Crippen LogP contribution in [-0.4, -0.2) is 66.0 Å². The van der Waals surface area contributed by atoms with E-state index >= 15 is 0 Å². The highest BCUT2D eigenvalue weighted by molar-refractivity contribution is 6.14. The van der Waals surface area contributed by atoms with Crippen LogP contribution in [0.1, 0.15) is 69.9 Å². The topological polar surface area (TPSA) is 125 Å². The predicted octanol–water partition coefficient (Wildman–Crippen LogP) is 7.56. The smallest absolute Gasteiger partial charge is 0.239 e. The number of imide groups is 2. The maximum atomic E-state index is 14.8. The summed E-state index contributed by atoms with van der Waals surface area (Å²) in [6.07, 6.45) is 11.7. The summed E-state index contributed by atoms with van der Waals surface area (Å²) in [6.45, 7) is 0.873. The van der Waals surface area contributed by atoms with Gasteiger partial charge in [0.15, 0.2) is 0 Å². The zero-order valence-electron chi connectivity index (χ0n) is 32.2. The summed E-state index contributed by atoms with van der Waals surface area (Å²) in [7, 11) is 0. The highest BCUT2D eigenvalue weighted by atomic mass is 16.5. The molecule has 0 spiro atoms. The lowest BCUT2D eigenvalue weighted by Gasteiger charge is -2.19. The number of H-pyrrole nitrogens is 2. The number of benzene rings is 4. The van der Waals surface area contributed by atoms with E-state index in [2.05, 4.69) is 43.6 Å². The third-order valence-corrected chi connectivity index (χ3v) is 13.5. The Bertz CT molecular complexity index is 2890. The van der Waals surface area contributed by atoms with E-state index in [9.17, 15) is 19.2 Å². The SMILES string of the molecule is O=C1C(c2c[nH]c3ccccc23)C(c2cn3c4c(cccc24)CCC3)C(=O)N1COCN1C(=O)C(c2c[nH]c3ccccc23)C(c2cn3c4c(cccc24)CCC3)C1=O. The Morgan fingerprint density at radius 1 is 0.492 bits per heavy atom. The molecule has 292 valence electrons. The summed E-state index contributed by atoms with van der Waals surface area (Å²) < 4.78 is 10.6. The van der Waals surface area contributed by atoms with Gasteiger partial charge < -0.3 is 23.8 Å². The number of hydrogen-bond donors (Lipinski definition) is 2. The molecule has 11 nitrogen and oxygen atoms in total. The summed E-state index contributed by atoms with van der Waals surface area (Å²) in [5.74, 6) is -4.68. The number of aromatic nitrogens is 4. The molecule has 0 aliphatic carbocycles. The lowest BCUT2D eigenvalue weighted by Crippen LogP contribution is -2.38. The summed E-state index contributed by atoms with van der Waals surface area (Å²) in [6, 6.07) is 28.0. The van der Waals surface area contributed by atoms with Crippen LogP contribution in [0.15, 0.2) is 110 Å². The second kappa shape index (κ2) is 12.9. The maximum absolute atomic E-state index is 14.8. The van der Waals surface area contributed by atoms with Gasteiger partial charge in [-0.05, 0) is 71.2 Å². The van der Waals surface area contributed by atoms with E-state index in [0.29, 0.717) is 0 Å². The van der Waals surface area contributed by atoms with Gasteiger partial charge in [0.25, 0.3) is 0 Å². The molecule has 8 aromatic rings. The van der Waals surface area contributed by atoms with Crippen LogP contribution in [-0.2, 0) is 49.8 Å². The Morgan fingerprint density at radius 2 is 0.898 bits per heavy atom. The number of nitrogens with zero attached hydrogens (tertiary/aromatic N) is 4. The van der Waals surface area contributed by atoms with E-state index in [1.165, 1.54) is 20.9 Å².